The maximum absolute atomic E-state index is 13.3. The molecule has 1 rings (SSSR count). The number of hydrogen-bond acceptors (Lipinski definition) is 4. The summed E-state index contributed by atoms with van der Waals surface area (Å²) in [6, 6.07) is 3.68. The molecule has 0 heterocycles. The Labute approximate surface area is 104 Å². The van der Waals surface area contributed by atoms with Gasteiger partial charge < -0.3 is 10.1 Å². The van der Waals surface area contributed by atoms with Crippen molar-refractivity contribution in [3.8, 4) is 5.75 Å². The van der Waals surface area contributed by atoms with Crippen LogP contribution in [0.4, 0.5) is 4.39 Å². The quantitative estimate of drug-likeness (QED) is 0.781. The lowest BCUT2D eigenvalue weighted by molar-refractivity contribution is 0.0955. The Morgan fingerprint density at radius 1 is 1.50 bits per heavy atom. The largest absolute Gasteiger partial charge is 0.494 e. The van der Waals surface area contributed by atoms with Crippen LogP contribution < -0.4 is 15.2 Å². The minimum Gasteiger partial charge on any atom is -0.494 e. The van der Waals surface area contributed by atoms with Crippen molar-refractivity contribution in [2.75, 3.05) is 19.4 Å². The van der Waals surface area contributed by atoms with E-state index < -0.39 is 21.7 Å². The topological polar surface area (TPSA) is 98.5 Å². The molecule has 0 aliphatic carbocycles. The maximum atomic E-state index is 13.3. The lowest BCUT2D eigenvalue weighted by Crippen LogP contribution is -2.31. The minimum atomic E-state index is -3.63. The fraction of sp³-hybridized carbons (Fsp3) is 0.300. The van der Waals surface area contributed by atoms with Gasteiger partial charge in [0.25, 0.3) is 5.91 Å². The van der Waals surface area contributed by atoms with Gasteiger partial charge in [0.2, 0.25) is 10.0 Å². The average Bonchev–Trinajstić information content (AvgIpc) is 2.27. The summed E-state index contributed by atoms with van der Waals surface area (Å²) in [5, 5.41) is 7.08. The second-order valence-electron chi connectivity index (χ2n) is 3.47. The van der Waals surface area contributed by atoms with Gasteiger partial charge in [0.15, 0.2) is 11.6 Å². The van der Waals surface area contributed by atoms with Crippen molar-refractivity contribution in [2.24, 2.45) is 5.14 Å². The summed E-state index contributed by atoms with van der Waals surface area (Å²) in [5.41, 5.74) is 0.0720. The van der Waals surface area contributed by atoms with E-state index in [1.165, 1.54) is 19.2 Å². The molecular weight excluding hydrogens is 263 g/mol. The number of sulfonamides is 1. The molecule has 100 valence electrons. The Balaban J connectivity index is 2.65. The molecule has 6 nitrogen and oxygen atoms in total. The molecule has 0 bridgehead atoms. The van der Waals surface area contributed by atoms with Gasteiger partial charge in [0.1, 0.15) is 0 Å². The minimum absolute atomic E-state index is 0.0242. The van der Waals surface area contributed by atoms with E-state index in [2.05, 4.69) is 5.32 Å². The predicted octanol–water partition coefficient (Wildman–Crippen LogP) is -0.147. The second kappa shape index (κ2) is 5.78. The summed E-state index contributed by atoms with van der Waals surface area (Å²) in [6.45, 7) is -0.134. The lowest BCUT2D eigenvalue weighted by atomic mass is 10.2. The molecule has 0 radical (unpaired) electrons. The summed E-state index contributed by atoms with van der Waals surface area (Å²) < 4.78 is 39.3. The fourth-order valence-electron chi connectivity index (χ4n) is 1.22. The normalized spacial score (nSPS) is 11.1. The third-order valence-corrected chi connectivity index (χ3v) is 2.86. The molecule has 8 heteroatoms. The number of hydrogen-bond donors (Lipinski definition) is 2. The zero-order valence-electron chi connectivity index (χ0n) is 9.64. The Morgan fingerprint density at radius 3 is 2.67 bits per heavy atom. The summed E-state index contributed by atoms with van der Waals surface area (Å²) in [7, 11) is -2.32. The smallest absolute Gasteiger partial charge is 0.251 e. The van der Waals surface area contributed by atoms with E-state index in [9.17, 15) is 17.6 Å². The summed E-state index contributed by atoms with van der Waals surface area (Å²) in [6.07, 6.45) is 0. The Kier molecular flexibility index (Phi) is 4.62. The highest BCUT2D eigenvalue weighted by Crippen LogP contribution is 2.17. The highest BCUT2D eigenvalue weighted by molar-refractivity contribution is 7.89. The summed E-state index contributed by atoms with van der Waals surface area (Å²) in [4.78, 5) is 11.5. The van der Waals surface area contributed by atoms with Crippen LogP contribution in [-0.2, 0) is 10.0 Å². The van der Waals surface area contributed by atoms with Gasteiger partial charge in [-0.15, -0.1) is 0 Å². The molecule has 0 atom stereocenters. The molecule has 0 spiro atoms. The van der Waals surface area contributed by atoms with E-state index in [0.717, 1.165) is 6.07 Å². The van der Waals surface area contributed by atoms with Crippen LogP contribution in [0.1, 0.15) is 10.4 Å². The van der Waals surface area contributed by atoms with E-state index in [0.29, 0.717) is 0 Å². The predicted molar refractivity (Wildman–Crippen MR) is 63.3 cm³/mol. The summed E-state index contributed by atoms with van der Waals surface area (Å²) >= 11 is 0. The number of primary sulfonamides is 1. The van der Waals surface area contributed by atoms with Crippen LogP contribution in [0, 0.1) is 5.82 Å². The van der Waals surface area contributed by atoms with Crippen molar-refractivity contribution in [3.05, 3.63) is 29.6 Å². The molecule has 0 saturated carbocycles. The molecular formula is C10H13FN2O4S. The molecule has 0 unspecified atom stereocenters. The maximum Gasteiger partial charge on any atom is 0.251 e. The van der Waals surface area contributed by atoms with Gasteiger partial charge in [0, 0.05) is 12.1 Å². The highest BCUT2D eigenvalue weighted by atomic mass is 32.2. The van der Waals surface area contributed by atoms with Crippen LogP contribution in [0.3, 0.4) is 0 Å². The Morgan fingerprint density at radius 2 is 2.17 bits per heavy atom. The number of carbonyl (C=O) groups is 1. The third kappa shape index (κ3) is 4.30. The zero-order valence-corrected chi connectivity index (χ0v) is 10.5. The van der Waals surface area contributed by atoms with Gasteiger partial charge in [0.05, 0.1) is 12.9 Å². The molecule has 1 aromatic rings. The van der Waals surface area contributed by atoms with Crippen molar-refractivity contribution in [1.82, 2.24) is 5.32 Å². The van der Waals surface area contributed by atoms with Crippen molar-refractivity contribution in [2.45, 2.75) is 0 Å². The van der Waals surface area contributed by atoms with Crippen LogP contribution in [-0.4, -0.2) is 33.7 Å². The standard InChI is InChI=1S/C10H13FN2O4S/c1-17-9-3-2-7(6-8(9)11)10(14)13-4-5-18(12,15)16/h2-3,6H,4-5H2,1H3,(H,13,14)(H2,12,15,16). The van der Waals surface area contributed by atoms with Crippen molar-refractivity contribution >= 4 is 15.9 Å². The Hall–Kier alpha value is -1.67. The van der Waals surface area contributed by atoms with E-state index in [-0.39, 0.29) is 23.6 Å². The Bertz CT molecular complexity index is 545. The van der Waals surface area contributed by atoms with Gasteiger partial charge >= 0.3 is 0 Å². The first kappa shape index (κ1) is 14.4. The number of nitrogens with one attached hydrogen (secondary N) is 1. The molecule has 0 aliphatic rings. The number of amides is 1. The second-order valence-corrected chi connectivity index (χ2v) is 5.21. The van der Waals surface area contributed by atoms with Gasteiger partial charge in [-0.25, -0.2) is 17.9 Å². The number of benzene rings is 1. The van der Waals surface area contributed by atoms with Crippen molar-refractivity contribution < 1.29 is 22.3 Å². The fourth-order valence-corrected chi connectivity index (χ4v) is 1.60. The van der Waals surface area contributed by atoms with Gasteiger partial charge in [-0.3, -0.25) is 4.79 Å². The number of rotatable bonds is 5. The number of nitrogens with two attached hydrogens (primary N) is 1. The van der Waals surface area contributed by atoms with E-state index in [1.807, 2.05) is 0 Å². The molecule has 3 N–H and O–H groups in total. The van der Waals surface area contributed by atoms with Crippen LogP contribution in [0.25, 0.3) is 0 Å². The third-order valence-electron chi connectivity index (χ3n) is 2.09. The van der Waals surface area contributed by atoms with Crippen LogP contribution >= 0.6 is 0 Å². The van der Waals surface area contributed by atoms with Crippen molar-refractivity contribution in [1.29, 1.82) is 0 Å². The first-order valence-electron chi connectivity index (χ1n) is 4.95. The molecule has 0 saturated heterocycles. The first-order valence-corrected chi connectivity index (χ1v) is 6.67. The zero-order chi connectivity index (χ0) is 13.8. The molecule has 0 fully saturated rings. The highest BCUT2D eigenvalue weighted by Gasteiger charge is 2.10. The van der Waals surface area contributed by atoms with Crippen LogP contribution in [0.2, 0.25) is 0 Å². The molecule has 18 heavy (non-hydrogen) atoms. The lowest BCUT2D eigenvalue weighted by Gasteiger charge is -2.06. The monoisotopic (exact) mass is 276 g/mol. The average molecular weight is 276 g/mol. The van der Waals surface area contributed by atoms with Gasteiger partial charge in [-0.2, -0.15) is 0 Å². The van der Waals surface area contributed by atoms with Gasteiger partial charge in [-0.05, 0) is 18.2 Å². The van der Waals surface area contributed by atoms with Crippen LogP contribution in [0.15, 0.2) is 18.2 Å². The van der Waals surface area contributed by atoms with E-state index in [4.69, 9.17) is 9.88 Å². The number of ether oxygens (including phenoxy) is 1. The molecule has 1 amide bonds. The number of carbonyl (C=O) groups excluding carboxylic acids is 1. The van der Waals surface area contributed by atoms with E-state index in [1.54, 1.807) is 0 Å². The molecule has 0 aromatic heterocycles. The first-order chi connectivity index (χ1) is 8.33. The molecule has 1 aromatic carbocycles. The van der Waals surface area contributed by atoms with Gasteiger partial charge in [-0.1, -0.05) is 0 Å². The van der Waals surface area contributed by atoms with E-state index >= 15 is 0 Å². The SMILES string of the molecule is COc1ccc(C(=O)NCCS(N)(=O)=O)cc1F. The van der Waals surface area contributed by atoms with Crippen molar-refractivity contribution in [3.63, 3.8) is 0 Å². The van der Waals surface area contributed by atoms with Crippen LogP contribution in [0.5, 0.6) is 5.75 Å². The molecule has 0 aliphatic heterocycles. The number of halogens is 1. The number of methoxy groups -OCH3 is 1. The summed E-state index contributed by atoms with van der Waals surface area (Å²) in [5.74, 6) is -1.61.